The molecule has 1 amide bonds. The van der Waals surface area contributed by atoms with E-state index in [4.69, 9.17) is 15.6 Å². The first kappa shape index (κ1) is 18.3. The highest BCUT2D eigenvalue weighted by Crippen LogP contribution is 2.33. The third-order valence-corrected chi connectivity index (χ3v) is 5.08. The Balaban J connectivity index is 1.74. The molecule has 1 heterocycles. The average Bonchev–Trinajstić information content (AvgIpc) is 3.49. The predicted molar refractivity (Wildman–Crippen MR) is 109 cm³/mol. The maximum absolute atomic E-state index is 13.1. The summed E-state index contributed by atoms with van der Waals surface area (Å²) in [5, 5.41) is 7.81. The van der Waals surface area contributed by atoms with Crippen molar-refractivity contribution in [3.05, 3.63) is 66.4 Å². The first-order chi connectivity index (χ1) is 13.7. The summed E-state index contributed by atoms with van der Waals surface area (Å²) in [5.74, 6) is 1.05. The molecule has 1 aliphatic rings. The Hall–Kier alpha value is -3.12. The summed E-state index contributed by atoms with van der Waals surface area (Å²) in [6.07, 6.45) is 4.02. The number of nitrogens with two attached hydrogens (primary N) is 1. The molecule has 0 spiro atoms. The van der Waals surface area contributed by atoms with Crippen LogP contribution in [0.25, 0.3) is 16.9 Å². The van der Waals surface area contributed by atoms with Crippen molar-refractivity contribution in [1.29, 1.82) is 0 Å². The van der Waals surface area contributed by atoms with E-state index in [1.807, 2.05) is 54.6 Å². The van der Waals surface area contributed by atoms with Crippen molar-refractivity contribution >= 4 is 5.91 Å². The topological polar surface area (TPSA) is 82.2 Å². The number of carbonyl (C=O) groups is 1. The predicted octanol–water partition coefficient (Wildman–Crippen LogP) is 3.02. The van der Waals surface area contributed by atoms with Gasteiger partial charge in [0.1, 0.15) is 11.4 Å². The van der Waals surface area contributed by atoms with Crippen LogP contribution in [-0.2, 0) is 0 Å². The second kappa shape index (κ2) is 7.86. The van der Waals surface area contributed by atoms with E-state index in [0.29, 0.717) is 23.7 Å². The lowest BCUT2D eigenvalue weighted by atomic mass is 10.1. The van der Waals surface area contributed by atoms with Gasteiger partial charge in [0.25, 0.3) is 5.91 Å². The maximum atomic E-state index is 13.1. The first-order valence-corrected chi connectivity index (χ1v) is 9.50. The highest BCUT2D eigenvalue weighted by Gasteiger charge is 2.32. The molecule has 1 fully saturated rings. The number of hydrogen-bond acceptors (Lipinski definition) is 4. The van der Waals surface area contributed by atoms with E-state index in [-0.39, 0.29) is 11.9 Å². The molecule has 6 heteroatoms. The Bertz CT molecular complexity index is 964. The van der Waals surface area contributed by atoms with Gasteiger partial charge in [-0.2, -0.15) is 5.10 Å². The number of nitrogens with one attached hydrogen (secondary N) is 1. The van der Waals surface area contributed by atoms with Gasteiger partial charge < -0.3 is 15.8 Å². The Kier molecular flexibility index (Phi) is 5.12. The van der Waals surface area contributed by atoms with Crippen molar-refractivity contribution in [2.75, 3.05) is 13.7 Å². The minimum atomic E-state index is -0.151. The highest BCUT2D eigenvalue weighted by atomic mass is 16.5. The van der Waals surface area contributed by atoms with Crippen molar-refractivity contribution in [2.24, 2.45) is 11.7 Å². The SMILES string of the molecule is COc1cccc(-c2nn(-c3ccccc3)cc2C(=O)NC(CN)C2CC2)c1. The van der Waals surface area contributed by atoms with Crippen LogP contribution < -0.4 is 15.8 Å². The van der Waals surface area contributed by atoms with Gasteiger partial charge in [0, 0.05) is 24.3 Å². The van der Waals surface area contributed by atoms with Gasteiger partial charge in [-0.15, -0.1) is 0 Å². The molecule has 0 aliphatic heterocycles. The van der Waals surface area contributed by atoms with Gasteiger partial charge in [-0.1, -0.05) is 30.3 Å². The van der Waals surface area contributed by atoms with Crippen LogP contribution in [0.2, 0.25) is 0 Å². The van der Waals surface area contributed by atoms with E-state index in [9.17, 15) is 4.79 Å². The Labute approximate surface area is 164 Å². The summed E-state index contributed by atoms with van der Waals surface area (Å²) in [6, 6.07) is 17.3. The number of rotatable bonds is 7. The van der Waals surface area contributed by atoms with Crippen molar-refractivity contribution in [1.82, 2.24) is 15.1 Å². The van der Waals surface area contributed by atoms with Gasteiger partial charge in [0.15, 0.2) is 0 Å². The molecular weight excluding hydrogens is 352 g/mol. The Morgan fingerprint density at radius 1 is 1.25 bits per heavy atom. The lowest BCUT2D eigenvalue weighted by Crippen LogP contribution is -2.41. The molecule has 4 rings (SSSR count). The fourth-order valence-electron chi connectivity index (χ4n) is 3.35. The molecule has 2 aromatic carbocycles. The van der Waals surface area contributed by atoms with Gasteiger partial charge in [0.2, 0.25) is 0 Å². The minimum absolute atomic E-state index is 0.00531. The van der Waals surface area contributed by atoms with E-state index in [1.165, 1.54) is 0 Å². The summed E-state index contributed by atoms with van der Waals surface area (Å²) in [5.41, 5.74) is 8.73. The monoisotopic (exact) mass is 376 g/mol. The smallest absolute Gasteiger partial charge is 0.255 e. The summed E-state index contributed by atoms with van der Waals surface area (Å²) in [7, 11) is 1.62. The molecule has 0 saturated heterocycles. The molecule has 1 aromatic heterocycles. The molecule has 0 radical (unpaired) electrons. The molecule has 3 aromatic rings. The molecule has 1 saturated carbocycles. The third-order valence-electron chi connectivity index (χ3n) is 5.08. The summed E-state index contributed by atoms with van der Waals surface area (Å²) >= 11 is 0. The van der Waals surface area contributed by atoms with Crippen LogP contribution >= 0.6 is 0 Å². The van der Waals surface area contributed by atoms with Gasteiger partial charge >= 0.3 is 0 Å². The van der Waals surface area contributed by atoms with Gasteiger partial charge in [-0.3, -0.25) is 4.79 Å². The average molecular weight is 376 g/mol. The number of amides is 1. The zero-order chi connectivity index (χ0) is 19.5. The lowest BCUT2D eigenvalue weighted by molar-refractivity contribution is 0.0934. The van der Waals surface area contributed by atoms with Crippen LogP contribution in [0.4, 0.5) is 0 Å². The van der Waals surface area contributed by atoms with E-state index < -0.39 is 0 Å². The van der Waals surface area contributed by atoms with Crippen LogP contribution in [0.3, 0.4) is 0 Å². The number of para-hydroxylation sites is 1. The molecule has 1 atom stereocenters. The Morgan fingerprint density at radius 3 is 2.71 bits per heavy atom. The molecule has 6 nitrogen and oxygen atoms in total. The molecule has 3 N–H and O–H groups in total. The fraction of sp³-hybridized carbons (Fsp3) is 0.273. The van der Waals surface area contributed by atoms with Gasteiger partial charge in [-0.05, 0) is 43.0 Å². The molecule has 1 unspecified atom stereocenters. The lowest BCUT2D eigenvalue weighted by Gasteiger charge is -2.15. The second-order valence-corrected chi connectivity index (χ2v) is 7.06. The minimum Gasteiger partial charge on any atom is -0.497 e. The zero-order valence-electron chi connectivity index (χ0n) is 15.8. The number of ether oxygens (including phenoxy) is 1. The van der Waals surface area contributed by atoms with Gasteiger partial charge in [-0.25, -0.2) is 4.68 Å². The zero-order valence-corrected chi connectivity index (χ0v) is 15.8. The van der Waals surface area contributed by atoms with Crippen molar-refractivity contribution < 1.29 is 9.53 Å². The quantitative estimate of drug-likeness (QED) is 0.664. The van der Waals surface area contributed by atoms with Crippen molar-refractivity contribution in [2.45, 2.75) is 18.9 Å². The van der Waals surface area contributed by atoms with Crippen LogP contribution in [-0.4, -0.2) is 35.4 Å². The number of hydrogen-bond donors (Lipinski definition) is 2. The number of methoxy groups -OCH3 is 1. The fourth-order valence-corrected chi connectivity index (χ4v) is 3.35. The number of carbonyl (C=O) groups excluding carboxylic acids is 1. The summed E-state index contributed by atoms with van der Waals surface area (Å²) < 4.78 is 7.07. The van der Waals surface area contributed by atoms with E-state index in [1.54, 1.807) is 18.0 Å². The molecule has 1 aliphatic carbocycles. The van der Waals surface area contributed by atoms with Crippen molar-refractivity contribution in [3.8, 4) is 22.7 Å². The third kappa shape index (κ3) is 3.77. The van der Waals surface area contributed by atoms with Crippen LogP contribution in [0, 0.1) is 5.92 Å². The Morgan fingerprint density at radius 2 is 2.04 bits per heavy atom. The standard InChI is InChI=1S/C22H24N4O2/c1-28-18-9-5-6-16(12-18)21-19(22(27)24-20(13-23)15-10-11-15)14-26(25-21)17-7-3-2-4-8-17/h2-9,12,14-15,20H,10-11,13,23H2,1H3,(H,24,27). The number of nitrogens with zero attached hydrogens (tertiary/aromatic N) is 2. The van der Waals surface area contributed by atoms with E-state index in [0.717, 1.165) is 29.8 Å². The largest absolute Gasteiger partial charge is 0.497 e. The maximum Gasteiger partial charge on any atom is 0.255 e. The molecular formula is C22H24N4O2. The van der Waals surface area contributed by atoms with E-state index in [2.05, 4.69) is 5.32 Å². The highest BCUT2D eigenvalue weighted by molar-refractivity contribution is 6.00. The summed E-state index contributed by atoms with van der Waals surface area (Å²) in [4.78, 5) is 13.1. The second-order valence-electron chi connectivity index (χ2n) is 7.06. The first-order valence-electron chi connectivity index (χ1n) is 9.50. The molecule has 144 valence electrons. The van der Waals surface area contributed by atoms with Crippen molar-refractivity contribution in [3.63, 3.8) is 0 Å². The number of aromatic nitrogens is 2. The molecule has 0 bridgehead atoms. The molecule has 28 heavy (non-hydrogen) atoms. The summed E-state index contributed by atoms with van der Waals surface area (Å²) in [6.45, 7) is 0.442. The van der Waals surface area contributed by atoms with E-state index >= 15 is 0 Å². The van der Waals surface area contributed by atoms with Crippen LogP contribution in [0.1, 0.15) is 23.2 Å². The van der Waals surface area contributed by atoms with Crippen LogP contribution in [0.15, 0.2) is 60.8 Å². The van der Waals surface area contributed by atoms with Gasteiger partial charge in [0.05, 0.1) is 18.4 Å². The normalized spacial score (nSPS) is 14.5. The van der Waals surface area contributed by atoms with Crippen LogP contribution in [0.5, 0.6) is 5.75 Å². The number of benzene rings is 2.